The molecule has 0 amide bonds. The van der Waals surface area contributed by atoms with Crippen LogP contribution >= 0.6 is 0 Å². The van der Waals surface area contributed by atoms with E-state index in [1.807, 2.05) is 36.4 Å². The minimum absolute atomic E-state index is 0.663. The Kier molecular flexibility index (Phi) is 5.34. The van der Waals surface area contributed by atoms with Crippen LogP contribution < -0.4 is 9.47 Å². The number of imidazole rings is 1. The summed E-state index contributed by atoms with van der Waals surface area (Å²) in [5.41, 5.74) is 4.77. The number of fused-ring (bicyclic) bond motifs is 1. The predicted molar refractivity (Wildman–Crippen MR) is 124 cm³/mol. The van der Waals surface area contributed by atoms with E-state index in [9.17, 15) is 0 Å². The lowest BCUT2D eigenvalue weighted by Gasteiger charge is -2.12. The van der Waals surface area contributed by atoms with Gasteiger partial charge in [0.15, 0.2) is 17.1 Å². The Labute approximate surface area is 186 Å². The summed E-state index contributed by atoms with van der Waals surface area (Å²) in [5, 5.41) is 0. The van der Waals surface area contributed by atoms with Gasteiger partial charge in [0.2, 0.25) is 0 Å². The van der Waals surface area contributed by atoms with Crippen molar-refractivity contribution in [1.82, 2.24) is 14.5 Å². The fourth-order valence-corrected chi connectivity index (χ4v) is 3.89. The van der Waals surface area contributed by atoms with Crippen LogP contribution in [0.25, 0.3) is 33.9 Å². The highest BCUT2D eigenvalue weighted by Crippen LogP contribution is 2.34. The summed E-state index contributed by atoms with van der Waals surface area (Å²) >= 11 is 0. The number of benzene rings is 2. The first-order chi connectivity index (χ1) is 15.8. The summed E-state index contributed by atoms with van der Waals surface area (Å²) in [5.74, 6) is 2.96. The standard InChI is InChI=1S/C26H23N3O3/c1-30-23-11-10-19(16-24(23)31-2)26-28-25-21(15-20(17-27-25)22-9-6-14-32-22)29(26)13-12-18-7-4-3-5-8-18/h3-11,14-17H,12-13H2,1-2H3. The van der Waals surface area contributed by atoms with Crippen molar-refractivity contribution in [2.24, 2.45) is 0 Å². The van der Waals surface area contributed by atoms with E-state index < -0.39 is 0 Å². The molecule has 0 aliphatic carbocycles. The Morgan fingerprint density at radius 2 is 1.72 bits per heavy atom. The zero-order valence-corrected chi connectivity index (χ0v) is 18.0. The van der Waals surface area contributed by atoms with Crippen molar-refractivity contribution >= 4 is 11.2 Å². The van der Waals surface area contributed by atoms with Gasteiger partial charge in [-0.05, 0) is 48.4 Å². The molecule has 0 atom stereocenters. The molecule has 160 valence electrons. The van der Waals surface area contributed by atoms with Gasteiger partial charge in [0.1, 0.15) is 11.6 Å². The second-order valence-electron chi connectivity index (χ2n) is 7.44. The molecule has 0 unspecified atom stereocenters. The van der Waals surface area contributed by atoms with Crippen LogP contribution in [-0.4, -0.2) is 28.8 Å². The van der Waals surface area contributed by atoms with Crippen LogP contribution in [0.5, 0.6) is 11.5 Å². The molecule has 5 aromatic rings. The summed E-state index contributed by atoms with van der Waals surface area (Å²) in [4.78, 5) is 9.50. The zero-order valence-electron chi connectivity index (χ0n) is 18.0. The first kappa shape index (κ1) is 19.9. The Balaban J connectivity index is 1.64. The molecule has 0 aliphatic heterocycles. The van der Waals surface area contributed by atoms with Crippen molar-refractivity contribution in [3.8, 4) is 34.2 Å². The Hall–Kier alpha value is -4.06. The maximum absolute atomic E-state index is 5.58. The average molecular weight is 425 g/mol. The van der Waals surface area contributed by atoms with Gasteiger partial charge in [-0.3, -0.25) is 0 Å². The topological polar surface area (TPSA) is 62.3 Å². The van der Waals surface area contributed by atoms with E-state index in [1.54, 1.807) is 26.7 Å². The van der Waals surface area contributed by atoms with Crippen LogP contribution in [0.15, 0.2) is 83.6 Å². The van der Waals surface area contributed by atoms with Crippen LogP contribution in [-0.2, 0) is 13.0 Å². The monoisotopic (exact) mass is 425 g/mol. The minimum atomic E-state index is 0.663. The van der Waals surface area contributed by atoms with Crippen molar-refractivity contribution in [2.75, 3.05) is 14.2 Å². The molecule has 0 aliphatic rings. The molecule has 3 heterocycles. The Morgan fingerprint density at radius 1 is 0.875 bits per heavy atom. The van der Waals surface area contributed by atoms with E-state index in [0.29, 0.717) is 17.1 Å². The third-order valence-electron chi connectivity index (χ3n) is 5.52. The number of ether oxygens (including phenoxy) is 2. The van der Waals surface area contributed by atoms with E-state index in [4.69, 9.17) is 18.9 Å². The zero-order chi connectivity index (χ0) is 21.9. The van der Waals surface area contributed by atoms with Gasteiger partial charge in [-0.2, -0.15) is 0 Å². The summed E-state index contributed by atoms with van der Waals surface area (Å²) in [6, 6.07) is 22.2. The van der Waals surface area contributed by atoms with E-state index in [0.717, 1.165) is 41.2 Å². The summed E-state index contributed by atoms with van der Waals surface area (Å²) in [6.45, 7) is 0.757. The SMILES string of the molecule is COc1ccc(-c2nc3ncc(-c4ccco4)cc3n2CCc2ccccc2)cc1OC. The summed E-state index contributed by atoms with van der Waals surface area (Å²) in [6.07, 6.45) is 4.34. The normalized spacial score (nSPS) is 11.1. The molecule has 0 saturated carbocycles. The van der Waals surface area contributed by atoms with Gasteiger partial charge in [-0.1, -0.05) is 30.3 Å². The second kappa shape index (κ2) is 8.59. The van der Waals surface area contributed by atoms with Crippen molar-refractivity contribution in [3.05, 3.63) is 84.8 Å². The largest absolute Gasteiger partial charge is 0.493 e. The van der Waals surface area contributed by atoms with Gasteiger partial charge >= 0.3 is 0 Å². The molecule has 6 heteroatoms. The molecular formula is C26H23N3O3. The number of aromatic nitrogens is 3. The first-order valence-electron chi connectivity index (χ1n) is 10.4. The second-order valence-corrected chi connectivity index (χ2v) is 7.44. The predicted octanol–water partition coefficient (Wildman–Crippen LogP) is 5.62. The van der Waals surface area contributed by atoms with Gasteiger partial charge in [-0.15, -0.1) is 0 Å². The first-order valence-corrected chi connectivity index (χ1v) is 10.4. The van der Waals surface area contributed by atoms with Crippen LogP contribution in [0.1, 0.15) is 5.56 Å². The fraction of sp³-hybridized carbons (Fsp3) is 0.154. The highest BCUT2D eigenvalue weighted by molar-refractivity contribution is 5.81. The number of rotatable bonds is 7. The molecule has 2 aromatic carbocycles. The van der Waals surface area contributed by atoms with Crippen LogP contribution in [0.2, 0.25) is 0 Å². The smallest absolute Gasteiger partial charge is 0.178 e. The highest BCUT2D eigenvalue weighted by Gasteiger charge is 2.17. The van der Waals surface area contributed by atoms with Gasteiger partial charge < -0.3 is 18.5 Å². The molecular weight excluding hydrogens is 402 g/mol. The third-order valence-corrected chi connectivity index (χ3v) is 5.52. The van der Waals surface area contributed by atoms with Crippen LogP contribution in [0.3, 0.4) is 0 Å². The van der Waals surface area contributed by atoms with E-state index in [1.165, 1.54) is 5.56 Å². The number of hydrogen-bond donors (Lipinski definition) is 0. The molecule has 0 bridgehead atoms. The fourth-order valence-electron chi connectivity index (χ4n) is 3.89. The van der Waals surface area contributed by atoms with Crippen molar-refractivity contribution in [1.29, 1.82) is 0 Å². The molecule has 0 N–H and O–H groups in total. The van der Waals surface area contributed by atoms with E-state index >= 15 is 0 Å². The van der Waals surface area contributed by atoms with Crippen LogP contribution in [0, 0.1) is 0 Å². The van der Waals surface area contributed by atoms with Gasteiger partial charge in [0.05, 0.1) is 26.0 Å². The number of pyridine rings is 1. The summed E-state index contributed by atoms with van der Waals surface area (Å²) < 4.78 is 18.7. The molecule has 0 fully saturated rings. The molecule has 6 nitrogen and oxygen atoms in total. The Bertz CT molecular complexity index is 1340. The number of aryl methyl sites for hydroxylation is 2. The average Bonchev–Trinajstić information content (AvgIpc) is 3.51. The third kappa shape index (κ3) is 3.71. The van der Waals surface area contributed by atoms with Crippen molar-refractivity contribution in [2.45, 2.75) is 13.0 Å². The molecule has 3 aromatic heterocycles. The quantitative estimate of drug-likeness (QED) is 0.339. The van der Waals surface area contributed by atoms with Gasteiger partial charge in [0.25, 0.3) is 0 Å². The summed E-state index contributed by atoms with van der Waals surface area (Å²) in [7, 11) is 3.27. The van der Waals surface area contributed by atoms with Crippen LogP contribution in [0.4, 0.5) is 0 Å². The maximum atomic E-state index is 5.58. The lowest BCUT2D eigenvalue weighted by Crippen LogP contribution is -2.04. The van der Waals surface area contributed by atoms with Crippen molar-refractivity contribution < 1.29 is 13.9 Å². The molecule has 0 radical (unpaired) electrons. The van der Waals surface area contributed by atoms with Gasteiger partial charge in [-0.25, -0.2) is 9.97 Å². The molecule has 0 spiro atoms. The van der Waals surface area contributed by atoms with Crippen molar-refractivity contribution in [3.63, 3.8) is 0 Å². The number of hydrogen-bond acceptors (Lipinski definition) is 5. The van der Waals surface area contributed by atoms with E-state index in [-0.39, 0.29) is 0 Å². The Morgan fingerprint density at radius 3 is 2.47 bits per heavy atom. The lowest BCUT2D eigenvalue weighted by molar-refractivity contribution is 0.355. The van der Waals surface area contributed by atoms with E-state index in [2.05, 4.69) is 39.9 Å². The molecule has 5 rings (SSSR count). The molecule has 0 saturated heterocycles. The molecule has 32 heavy (non-hydrogen) atoms. The minimum Gasteiger partial charge on any atom is -0.493 e. The highest BCUT2D eigenvalue weighted by atomic mass is 16.5. The maximum Gasteiger partial charge on any atom is 0.178 e. The van der Waals surface area contributed by atoms with Gasteiger partial charge in [0, 0.05) is 23.9 Å². The lowest BCUT2D eigenvalue weighted by atomic mass is 10.1. The number of nitrogens with zero attached hydrogens (tertiary/aromatic N) is 3. The number of furan rings is 1. The number of methoxy groups -OCH3 is 2.